The number of aromatic nitrogens is 1. The largest absolute Gasteiger partial charge is 0.491 e. The molecule has 218 valence electrons. The van der Waals surface area contributed by atoms with Crippen molar-refractivity contribution in [3.8, 4) is 17.0 Å². The molecule has 2 amide bonds. The van der Waals surface area contributed by atoms with Gasteiger partial charge in [0, 0.05) is 48.1 Å². The lowest BCUT2D eigenvalue weighted by atomic mass is 9.81. The van der Waals surface area contributed by atoms with E-state index in [-0.39, 0.29) is 30.5 Å². The Labute approximate surface area is 241 Å². The van der Waals surface area contributed by atoms with E-state index in [1.54, 1.807) is 6.07 Å². The minimum Gasteiger partial charge on any atom is -0.491 e. The Hall–Kier alpha value is -3.37. The monoisotopic (exact) mass is 578 g/mol. The van der Waals surface area contributed by atoms with Crippen molar-refractivity contribution < 1.29 is 22.7 Å². The third-order valence-electron chi connectivity index (χ3n) is 8.82. The van der Waals surface area contributed by atoms with E-state index in [0.29, 0.717) is 37.7 Å². The van der Waals surface area contributed by atoms with Gasteiger partial charge in [-0.05, 0) is 62.1 Å². The van der Waals surface area contributed by atoms with Gasteiger partial charge in [0.15, 0.2) is 0 Å². The number of carbonyl (C=O) groups excluding carboxylic acids is 2. The van der Waals surface area contributed by atoms with Gasteiger partial charge in [0.1, 0.15) is 12.4 Å². The van der Waals surface area contributed by atoms with Crippen molar-refractivity contribution in [2.45, 2.75) is 63.5 Å². The summed E-state index contributed by atoms with van der Waals surface area (Å²) in [4.78, 5) is 27.8. The molecule has 1 aromatic heterocycles. The molecule has 0 unspecified atom stereocenters. The molecule has 10 heteroatoms. The number of hydrogen-bond donors (Lipinski definition) is 2. The number of rotatable bonds is 1. The molecule has 4 bridgehead atoms. The fourth-order valence-electron chi connectivity index (χ4n) is 6.62. The topological polar surface area (TPSA) is 110 Å². The smallest absolute Gasteiger partial charge is 0.264 e. The van der Waals surface area contributed by atoms with E-state index in [1.807, 2.05) is 37.4 Å². The Morgan fingerprint density at radius 3 is 2.63 bits per heavy atom. The lowest BCUT2D eigenvalue weighted by Crippen LogP contribution is -2.44. The number of likely N-dealkylation sites (N-methyl/N-ethyl adjacent to an activating group) is 1. The maximum atomic E-state index is 13.2. The van der Waals surface area contributed by atoms with Crippen molar-refractivity contribution in [3.05, 3.63) is 53.6 Å². The molecule has 41 heavy (non-hydrogen) atoms. The van der Waals surface area contributed by atoms with Crippen molar-refractivity contribution in [2.24, 2.45) is 0 Å². The zero-order valence-corrected chi connectivity index (χ0v) is 24.3. The maximum Gasteiger partial charge on any atom is 0.264 e. The van der Waals surface area contributed by atoms with E-state index in [2.05, 4.69) is 25.6 Å². The maximum absolute atomic E-state index is 13.2. The van der Waals surface area contributed by atoms with Gasteiger partial charge in [0.25, 0.3) is 5.91 Å². The zero-order chi connectivity index (χ0) is 28.6. The van der Waals surface area contributed by atoms with E-state index in [0.717, 1.165) is 40.8 Å². The Kier molecular flexibility index (Phi) is 7.78. The lowest BCUT2D eigenvalue weighted by molar-refractivity contribution is -0.121. The van der Waals surface area contributed by atoms with E-state index in [9.17, 15) is 18.0 Å². The van der Waals surface area contributed by atoms with Crippen LogP contribution in [0.3, 0.4) is 0 Å². The van der Waals surface area contributed by atoms with E-state index < -0.39 is 15.9 Å². The van der Waals surface area contributed by atoms with E-state index in [1.165, 1.54) is 24.8 Å². The molecule has 3 heterocycles. The molecule has 9 nitrogen and oxygen atoms in total. The summed E-state index contributed by atoms with van der Waals surface area (Å²) in [6, 6.07) is 13.7. The standard InChI is InChI=1S/C31H38N4O5S/c1-34-16-15-32-28(36)12-7-17-41(38,39)33-31(37)22-13-14-24-26(18-22)35-19-23(34)20-40-27-11-6-5-10-25(27)30(35)29(24)21-8-3-2-4-9-21/h5-6,10-11,13-14,18,21,23H,2-4,7-9,12,15-17,19-20H2,1H3,(H,32,36)(H,33,37)/t23-/m1/s1. The number of nitrogens with one attached hydrogen (secondary N) is 2. The van der Waals surface area contributed by atoms with Crippen molar-refractivity contribution in [3.63, 3.8) is 0 Å². The summed E-state index contributed by atoms with van der Waals surface area (Å²) in [6.45, 7) is 2.16. The van der Waals surface area contributed by atoms with Crippen LogP contribution in [0.15, 0.2) is 42.5 Å². The molecule has 3 aromatic rings. The number of benzene rings is 2. The number of para-hydroxylation sites is 1. The molecular weight excluding hydrogens is 540 g/mol. The summed E-state index contributed by atoms with van der Waals surface area (Å²) in [5.41, 5.74) is 4.68. The van der Waals surface area contributed by atoms with Crippen LogP contribution in [0.25, 0.3) is 22.2 Å². The minimum atomic E-state index is -3.89. The van der Waals surface area contributed by atoms with Crippen LogP contribution in [0.5, 0.6) is 5.75 Å². The highest BCUT2D eigenvalue weighted by Gasteiger charge is 2.32. The van der Waals surface area contributed by atoms with Gasteiger partial charge in [0.05, 0.1) is 17.5 Å². The first-order chi connectivity index (χ1) is 19.8. The Balaban J connectivity index is 1.55. The van der Waals surface area contributed by atoms with Crippen LogP contribution in [0.1, 0.15) is 66.8 Å². The summed E-state index contributed by atoms with van der Waals surface area (Å²) < 4.78 is 36.4. The van der Waals surface area contributed by atoms with Crippen LogP contribution in [0.2, 0.25) is 0 Å². The number of nitrogens with zero attached hydrogens (tertiary/aromatic N) is 2. The molecule has 0 spiro atoms. The summed E-state index contributed by atoms with van der Waals surface area (Å²) in [6.07, 6.45) is 6.04. The van der Waals surface area contributed by atoms with Crippen LogP contribution >= 0.6 is 0 Å². The summed E-state index contributed by atoms with van der Waals surface area (Å²) >= 11 is 0. The van der Waals surface area contributed by atoms with Crippen LogP contribution in [0.4, 0.5) is 0 Å². The second-order valence-electron chi connectivity index (χ2n) is 11.6. The number of amides is 2. The number of fused-ring (bicyclic) bond motifs is 4. The molecule has 1 fully saturated rings. The predicted molar refractivity (Wildman–Crippen MR) is 159 cm³/mol. The van der Waals surface area contributed by atoms with Gasteiger partial charge in [-0.15, -0.1) is 0 Å². The van der Waals surface area contributed by atoms with Crippen molar-refractivity contribution in [1.82, 2.24) is 19.5 Å². The van der Waals surface area contributed by atoms with Gasteiger partial charge < -0.3 is 14.6 Å². The molecule has 1 atom stereocenters. The van der Waals surface area contributed by atoms with Crippen LogP contribution in [0, 0.1) is 0 Å². The molecule has 2 N–H and O–H groups in total. The molecule has 0 radical (unpaired) electrons. The van der Waals surface area contributed by atoms with Gasteiger partial charge in [-0.2, -0.15) is 0 Å². The minimum absolute atomic E-state index is 0.00218. The Bertz CT molecular complexity index is 1570. The third-order valence-corrected chi connectivity index (χ3v) is 10.1. The highest BCUT2D eigenvalue weighted by Crippen LogP contribution is 2.47. The summed E-state index contributed by atoms with van der Waals surface area (Å²) in [7, 11) is -1.85. The highest BCUT2D eigenvalue weighted by molar-refractivity contribution is 7.90. The SMILES string of the molecule is CN1CCNC(=O)CCCS(=O)(=O)NC(=O)c2ccc3c(C4CCCCC4)c4n(c3c2)C[C@@H]1COc1ccccc1-4. The zero-order valence-electron chi connectivity index (χ0n) is 23.5. The molecule has 3 aliphatic rings. The molecule has 2 aliphatic heterocycles. The molecular formula is C31H38N4O5S. The van der Waals surface area contributed by atoms with Crippen LogP contribution in [-0.2, 0) is 21.4 Å². The first-order valence-electron chi connectivity index (χ1n) is 14.7. The average molecular weight is 579 g/mol. The van der Waals surface area contributed by atoms with Crippen molar-refractivity contribution in [2.75, 3.05) is 32.5 Å². The van der Waals surface area contributed by atoms with Crippen LogP contribution in [-0.4, -0.2) is 68.2 Å². The molecule has 0 saturated heterocycles. The average Bonchev–Trinajstić information content (AvgIpc) is 3.26. The van der Waals surface area contributed by atoms with Gasteiger partial charge in [-0.3, -0.25) is 14.5 Å². The molecule has 1 aliphatic carbocycles. The van der Waals surface area contributed by atoms with Gasteiger partial charge in [-0.1, -0.05) is 37.5 Å². The third kappa shape index (κ3) is 5.72. The molecule has 1 saturated carbocycles. The second kappa shape index (κ2) is 11.5. The van der Waals surface area contributed by atoms with E-state index >= 15 is 0 Å². The Morgan fingerprint density at radius 2 is 1.80 bits per heavy atom. The first kappa shape index (κ1) is 27.8. The second-order valence-corrected chi connectivity index (χ2v) is 13.4. The number of sulfonamides is 1. The quantitative estimate of drug-likeness (QED) is 0.452. The fraction of sp³-hybridized carbons (Fsp3) is 0.484. The number of ether oxygens (including phenoxy) is 1. The Morgan fingerprint density at radius 1 is 1.00 bits per heavy atom. The summed E-state index contributed by atoms with van der Waals surface area (Å²) in [5, 5.41) is 4.01. The summed E-state index contributed by atoms with van der Waals surface area (Å²) in [5.74, 6) is 0.0647. The van der Waals surface area contributed by atoms with Crippen LogP contribution < -0.4 is 14.8 Å². The van der Waals surface area contributed by atoms with Gasteiger partial charge in [0.2, 0.25) is 15.9 Å². The van der Waals surface area contributed by atoms with Gasteiger partial charge >= 0.3 is 0 Å². The lowest BCUT2D eigenvalue weighted by Gasteiger charge is -2.32. The fourth-order valence-corrected chi connectivity index (χ4v) is 7.65. The van der Waals surface area contributed by atoms with Gasteiger partial charge in [-0.25, -0.2) is 13.1 Å². The predicted octanol–water partition coefficient (Wildman–Crippen LogP) is 4.02. The number of carbonyl (C=O) groups is 2. The number of hydrogen-bond acceptors (Lipinski definition) is 6. The normalized spacial score (nSPS) is 22.7. The van der Waals surface area contributed by atoms with E-state index in [4.69, 9.17) is 4.74 Å². The molecule has 2 aromatic carbocycles. The molecule has 6 rings (SSSR count). The van der Waals surface area contributed by atoms with Crippen molar-refractivity contribution in [1.29, 1.82) is 0 Å². The first-order valence-corrected chi connectivity index (χ1v) is 16.4. The highest BCUT2D eigenvalue weighted by atomic mass is 32.2. The van der Waals surface area contributed by atoms with Crippen molar-refractivity contribution >= 4 is 32.7 Å².